The van der Waals surface area contributed by atoms with Gasteiger partial charge in [-0.05, 0) is 37.3 Å². The molecule has 2 N–H and O–H groups in total. The van der Waals surface area contributed by atoms with Gasteiger partial charge in [0.2, 0.25) is 0 Å². The highest BCUT2D eigenvalue weighted by Gasteiger charge is 2.21. The van der Waals surface area contributed by atoms with Crippen molar-refractivity contribution in [1.82, 2.24) is 0 Å². The molecule has 0 saturated heterocycles. The molecule has 2 nitrogen and oxygen atoms in total. The lowest BCUT2D eigenvalue weighted by Crippen LogP contribution is -2.29. The summed E-state index contributed by atoms with van der Waals surface area (Å²) in [6, 6.07) is 13.6. The maximum atomic E-state index is 13.8. The van der Waals surface area contributed by atoms with Gasteiger partial charge >= 0.3 is 0 Å². The summed E-state index contributed by atoms with van der Waals surface area (Å²) in [5.74, 6) is 0.357. The molecule has 19 heavy (non-hydrogen) atoms. The second-order valence-corrected chi connectivity index (χ2v) is 5.29. The van der Waals surface area contributed by atoms with E-state index in [1.165, 1.54) is 6.07 Å². The number of ether oxygens (including phenoxy) is 1. The minimum atomic E-state index is -0.512. The molecule has 0 aliphatic carbocycles. The zero-order valence-corrected chi connectivity index (χ0v) is 12.1. The summed E-state index contributed by atoms with van der Waals surface area (Å²) in [7, 11) is 0. The topological polar surface area (TPSA) is 35.2 Å². The Bertz CT molecular complexity index is 542. The molecule has 0 saturated carbocycles. The van der Waals surface area contributed by atoms with E-state index < -0.39 is 6.10 Å². The Kier molecular flexibility index (Phi) is 4.56. The van der Waals surface area contributed by atoms with E-state index in [0.29, 0.717) is 11.3 Å². The van der Waals surface area contributed by atoms with Crippen LogP contribution in [0.5, 0.6) is 5.75 Å². The molecule has 0 aliphatic rings. The van der Waals surface area contributed by atoms with Gasteiger partial charge in [0, 0.05) is 16.1 Å². The molecule has 4 heteroatoms. The fourth-order valence-corrected chi connectivity index (χ4v) is 2.08. The van der Waals surface area contributed by atoms with Gasteiger partial charge in [-0.25, -0.2) is 4.39 Å². The lowest BCUT2D eigenvalue weighted by molar-refractivity contribution is 0.175. The van der Waals surface area contributed by atoms with Crippen LogP contribution in [0, 0.1) is 5.82 Å². The van der Waals surface area contributed by atoms with E-state index in [0.717, 1.165) is 4.47 Å². The van der Waals surface area contributed by atoms with Gasteiger partial charge in [-0.15, -0.1) is 0 Å². The van der Waals surface area contributed by atoms with Crippen LogP contribution in [0.1, 0.15) is 18.6 Å². The second kappa shape index (κ2) is 6.17. The number of rotatable bonds is 4. The Balaban J connectivity index is 2.27. The van der Waals surface area contributed by atoms with Gasteiger partial charge < -0.3 is 10.5 Å². The maximum Gasteiger partial charge on any atom is 0.141 e. The molecule has 0 heterocycles. The molecular formula is C15H15BrFNO. The minimum absolute atomic E-state index is 0.304. The van der Waals surface area contributed by atoms with Crippen LogP contribution in [0.25, 0.3) is 0 Å². The molecule has 0 radical (unpaired) electrons. The molecule has 2 atom stereocenters. The summed E-state index contributed by atoms with van der Waals surface area (Å²) < 4.78 is 20.6. The van der Waals surface area contributed by atoms with Crippen molar-refractivity contribution in [1.29, 1.82) is 0 Å². The lowest BCUT2D eigenvalue weighted by Gasteiger charge is -2.23. The highest BCUT2D eigenvalue weighted by Crippen LogP contribution is 2.27. The van der Waals surface area contributed by atoms with Crippen LogP contribution >= 0.6 is 15.9 Å². The molecule has 2 unspecified atom stereocenters. The van der Waals surface area contributed by atoms with Gasteiger partial charge in [0.05, 0.1) is 0 Å². The van der Waals surface area contributed by atoms with E-state index in [1.807, 2.05) is 24.3 Å². The fourth-order valence-electron chi connectivity index (χ4n) is 1.82. The third kappa shape index (κ3) is 3.55. The summed E-state index contributed by atoms with van der Waals surface area (Å²) >= 11 is 3.36. The smallest absolute Gasteiger partial charge is 0.141 e. The third-order valence-corrected chi connectivity index (χ3v) is 3.29. The summed E-state index contributed by atoms with van der Waals surface area (Å²) in [5.41, 5.74) is 6.39. The summed E-state index contributed by atoms with van der Waals surface area (Å²) in [6.07, 6.45) is -0.512. The molecule has 0 fully saturated rings. The van der Waals surface area contributed by atoms with Crippen LogP contribution in [-0.2, 0) is 0 Å². The van der Waals surface area contributed by atoms with E-state index >= 15 is 0 Å². The largest absolute Gasteiger partial charge is 0.484 e. The lowest BCUT2D eigenvalue weighted by atomic mass is 10.0. The SMILES string of the molecule is CC(N)C(Oc1ccc(Br)cc1)c1ccccc1F. The van der Waals surface area contributed by atoms with Crippen molar-refractivity contribution >= 4 is 15.9 Å². The molecule has 2 aromatic rings. The Labute approximate surface area is 120 Å². The molecule has 2 rings (SSSR count). The predicted octanol–water partition coefficient (Wildman–Crippen LogP) is 4.06. The van der Waals surface area contributed by atoms with Crippen LogP contribution in [0.4, 0.5) is 4.39 Å². The van der Waals surface area contributed by atoms with E-state index in [1.54, 1.807) is 25.1 Å². The van der Waals surface area contributed by atoms with Crippen LogP contribution < -0.4 is 10.5 Å². The van der Waals surface area contributed by atoms with Crippen molar-refractivity contribution in [3.8, 4) is 5.75 Å². The van der Waals surface area contributed by atoms with Crippen LogP contribution in [0.2, 0.25) is 0 Å². The predicted molar refractivity (Wildman–Crippen MR) is 77.6 cm³/mol. The molecule has 0 aromatic heterocycles. The van der Waals surface area contributed by atoms with E-state index in [4.69, 9.17) is 10.5 Å². The maximum absolute atomic E-state index is 13.8. The van der Waals surface area contributed by atoms with Crippen LogP contribution in [-0.4, -0.2) is 6.04 Å². The highest BCUT2D eigenvalue weighted by molar-refractivity contribution is 9.10. The zero-order chi connectivity index (χ0) is 13.8. The zero-order valence-electron chi connectivity index (χ0n) is 10.5. The summed E-state index contributed by atoms with van der Waals surface area (Å²) in [6.45, 7) is 1.80. The standard InChI is InChI=1S/C15H15BrFNO/c1-10(18)15(13-4-2-3-5-14(13)17)19-12-8-6-11(16)7-9-12/h2-10,15H,18H2,1H3. The number of nitrogens with two attached hydrogens (primary N) is 1. The Hall–Kier alpha value is -1.39. The first-order valence-electron chi connectivity index (χ1n) is 6.00. The Morgan fingerprint density at radius 3 is 2.32 bits per heavy atom. The first-order chi connectivity index (χ1) is 9.08. The average Bonchev–Trinajstić information content (AvgIpc) is 2.39. The van der Waals surface area contributed by atoms with Gasteiger partial charge in [-0.2, -0.15) is 0 Å². The van der Waals surface area contributed by atoms with Crippen molar-refractivity contribution in [3.05, 3.63) is 64.4 Å². The van der Waals surface area contributed by atoms with Crippen molar-refractivity contribution < 1.29 is 9.13 Å². The second-order valence-electron chi connectivity index (χ2n) is 4.37. The van der Waals surface area contributed by atoms with Crippen molar-refractivity contribution in [2.24, 2.45) is 5.73 Å². The third-order valence-electron chi connectivity index (χ3n) is 2.77. The van der Waals surface area contributed by atoms with Gasteiger partial charge in [-0.1, -0.05) is 34.1 Å². The van der Waals surface area contributed by atoms with Crippen LogP contribution in [0.15, 0.2) is 53.0 Å². The van der Waals surface area contributed by atoms with Crippen molar-refractivity contribution in [2.75, 3.05) is 0 Å². The van der Waals surface area contributed by atoms with Gasteiger partial charge in [0.25, 0.3) is 0 Å². The molecular weight excluding hydrogens is 309 g/mol. The minimum Gasteiger partial charge on any atom is -0.484 e. The Morgan fingerprint density at radius 2 is 1.74 bits per heavy atom. The normalized spacial score (nSPS) is 13.9. The summed E-state index contributed by atoms with van der Waals surface area (Å²) in [5, 5.41) is 0. The first-order valence-corrected chi connectivity index (χ1v) is 6.79. The number of benzene rings is 2. The molecule has 0 spiro atoms. The first kappa shape index (κ1) is 14.0. The van der Waals surface area contributed by atoms with E-state index in [-0.39, 0.29) is 11.9 Å². The number of hydrogen-bond donors (Lipinski definition) is 1. The van der Waals surface area contributed by atoms with Crippen LogP contribution in [0.3, 0.4) is 0 Å². The van der Waals surface area contributed by atoms with Crippen molar-refractivity contribution in [2.45, 2.75) is 19.1 Å². The van der Waals surface area contributed by atoms with Gasteiger partial charge in [0.15, 0.2) is 0 Å². The Morgan fingerprint density at radius 1 is 1.11 bits per heavy atom. The molecule has 100 valence electrons. The fraction of sp³-hybridized carbons (Fsp3) is 0.200. The molecule has 0 bridgehead atoms. The van der Waals surface area contributed by atoms with Gasteiger partial charge in [-0.3, -0.25) is 0 Å². The quantitative estimate of drug-likeness (QED) is 0.921. The molecule has 0 amide bonds. The highest BCUT2D eigenvalue weighted by atomic mass is 79.9. The van der Waals surface area contributed by atoms with E-state index in [2.05, 4.69) is 15.9 Å². The summed E-state index contributed by atoms with van der Waals surface area (Å²) in [4.78, 5) is 0. The van der Waals surface area contributed by atoms with E-state index in [9.17, 15) is 4.39 Å². The average molecular weight is 324 g/mol. The number of halogens is 2. The number of hydrogen-bond acceptors (Lipinski definition) is 2. The van der Waals surface area contributed by atoms with Crippen molar-refractivity contribution in [3.63, 3.8) is 0 Å². The van der Waals surface area contributed by atoms with Gasteiger partial charge in [0.1, 0.15) is 17.7 Å². The molecule has 0 aliphatic heterocycles. The monoisotopic (exact) mass is 323 g/mol. The molecule has 2 aromatic carbocycles.